The van der Waals surface area contributed by atoms with Crippen LogP contribution in [0.1, 0.15) is 59.7 Å². The molecule has 0 atom stereocenters. The average Bonchev–Trinajstić information content (AvgIpc) is 2.75. The first-order valence-corrected chi connectivity index (χ1v) is 8.94. The van der Waals surface area contributed by atoms with Crippen molar-refractivity contribution in [1.29, 1.82) is 0 Å². The van der Waals surface area contributed by atoms with Gasteiger partial charge in [0.25, 0.3) is 11.8 Å². The molecule has 0 N–H and O–H groups in total. The molecule has 1 aromatic rings. The van der Waals surface area contributed by atoms with E-state index in [0.29, 0.717) is 17.7 Å². The summed E-state index contributed by atoms with van der Waals surface area (Å²) in [6.45, 7) is 2.74. The third-order valence-corrected chi connectivity index (χ3v) is 4.74. The Morgan fingerprint density at radius 2 is 1.48 bits per heavy atom. The molecule has 1 aliphatic heterocycles. The van der Waals surface area contributed by atoms with Crippen LogP contribution in [-0.2, 0) is 0 Å². The Balaban J connectivity index is 1.69. The Morgan fingerprint density at radius 3 is 2.10 bits per heavy atom. The maximum Gasteiger partial charge on any atom is 0.261 e. The van der Waals surface area contributed by atoms with Crippen LogP contribution in [0.4, 0.5) is 0 Å². The number of nitrogens with zero attached hydrogens (tertiary/aromatic N) is 1. The minimum atomic E-state index is -0.130. The third-order valence-electron chi connectivity index (χ3n) is 3.75. The van der Waals surface area contributed by atoms with Gasteiger partial charge in [-0.15, -0.1) is 0 Å². The second kappa shape index (κ2) is 8.23. The zero-order valence-electron chi connectivity index (χ0n) is 12.6. The molecule has 0 fully saturated rings. The third kappa shape index (κ3) is 4.10. The molecule has 1 aliphatic rings. The molecule has 4 heteroatoms. The van der Waals surface area contributed by atoms with E-state index in [1.165, 1.54) is 35.7 Å². The standard InChI is InChI=1S/C17H23NO2S/c1-2-21-13-9-5-3-4-8-12-18-16(19)14-10-6-7-11-15(14)17(18)20/h6-7,10-11H,2-5,8-9,12-13H2,1H3. The second-order valence-electron chi connectivity index (χ2n) is 5.27. The number of unbranched alkanes of at least 4 members (excludes halogenated alkanes) is 4. The van der Waals surface area contributed by atoms with Gasteiger partial charge < -0.3 is 0 Å². The van der Waals surface area contributed by atoms with Crippen molar-refractivity contribution in [2.45, 2.75) is 39.0 Å². The van der Waals surface area contributed by atoms with Gasteiger partial charge in [0, 0.05) is 6.54 Å². The number of imide groups is 1. The fourth-order valence-electron chi connectivity index (χ4n) is 2.59. The molecule has 1 aromatic carbocycles. The number of benzene rings is 1. The molecule has 0 saturated heterocycles. The molecule has 0 bridgehead atoms. The van der Waals surface area contributed by atoms with Crippen LogP contribution in [0.5, 0.6) is 0 Å². The summed E-state index contributed by atoms with van der Waals surface area (Å²) in [4.78, 5) is 25.7. The summed E-state index contributed by atoms with van der Waals surface area (Å²) in [5.41, 5.74) is 1.11. The Hall–Kier alpha value is -1.29. The number of carbonyl (C=O) groups is 2. The normalized spacial score (nSPS) is 13.9. The lowest BCUT2D eigenvalue weighted by atomic mass is 10.1. The fourth-order valence-corrected chi connectivity index (χ4v) is 3.29. The lowest BCUT2D eigenvalue weighted by molar-refractivity contribution is 0.0651. The smallest absolute Gasteiger partial charge is 0.261 e. The molecular formula is C17H23NO2S. The van der Waals surface area contributed by atoms with Gasteiger partial charge in [-0.2, -0.15) is 11.8 Å². The summed E-state index contributed by atoms with van der Waals surface area (Å²) in [5, 5.41) is 0. The first-order chi connectivity index (χ1) is 10.3. The summed E-state index contributed by atoms with van der Waals surface area (Å²) in [6, 6.07) is 7.09. The highest BCUT2D eigenvalue weighted by molar-refractivity contribution is 7.99. The van der Waals surface area contributed by atoms with Crippen molar-refractivity contribution < 1.29 is 9.59 Å². The van der Waals surface area contributed by atoms with Gasteiger partial charge in [-0.3, -0.25) is 14.5 Å². The minimum Gasteiger partial charge on any atom is -0.274 e. The largest absolute Gasteiger partial charge is 0.274 e. The van der Waals surface area contributed by atoms with Gasteiger partial charge in [0.2, 0.25) is 0 Å². The van der Waals surface area contributed by atoms with E-state index in [1.54, 1.807) is 12.1 Å². The van der Waals surface area contributed by atoms with Crippen LogP contribution in [0.15, 0.2) is 24.3 Å². The van der Waals surface area contributed by atoms with E-state index in [-0.39, 0.29) is 11.8 Å². The Bertz CT molecular complexity index is 466. The Labute approximate surface area is 131 Å². The first kappa shape index (κ1) is 16.1. The summed E-state index contributed by atoms with van der Waals surface area (Å²) < 4.78 is 0. The zero-order chi connectivity index (χ0) is 15.1. The number of carbonyl (C=O) groups excluding carboxylic acids is 2. The molecule has 0 radical (unpaired) electrons. The average molecular weight is 305 g/mol. The van der Waals surface area contributed by atoms with Gasteiger partial charge in [-0.05, 0) is 36.5 Å². The van der Waals surface area contributed by atoms with Gasteiger partial charge >= 0.3 is 0 Å². The molecule has 0 saturated carbocycles. The van der Waals surface area contributed by atoms with Crippen molar-refractivity contribution in [2.75, 3.05) is 18.1 Å². The van der Waals surface area contributed by atoms with E-state index >= 15 is 0 Å². The predicted octanol–water partition coefficient (Wildman–Crippen LogP) is 3.99. The molecular weight excluding hydrogens is 282 g/mol. The first-order valence-electron chi connectivity index (χ1n) is 7.78. The molecule has 0 aliphatic carbocycles. The molecule has 2 rings (SSSR count). The molecule has 3 nitrogen and oxygen atoms in total. The van der Waals surface area contributed by atoms with Gasteiger partial charge in [-0.25, -0.2) is 0 Å². The topological polar surface area (TPSA) is 37.4 Å². The number of amides is 2. The number of fused-ring (bicyclic) bond motifs is 1. The van der Waals surface area contributed by atoms with E-state index < -0.39 is 0 Å². The van der Waals surface area contributed by atoms with Crippen molar-refractivity contribution in [3.05, 3.63) is 35.4 Å². The maximum absolute atomic E-state index is 12.1. The zero-order valence-corrected chi connectivity index (χ0v) is 13.5. The molecule has 0 spiro atoms. The van der Waals surface area contributed by atoms with Crippen LogP contribution in [0, 0.1) is 0 Å². The molecule has 114 valence electrons. The maximum atomic E-state index is 12.1. The molecule has 0 aromatic heterocycles. The lowest BCUT2D eigenvalue weighted by Gasteiger charge is -2.13. The predicted molar refractivity (Wildman–Crippen MR) is 87.9 cm³/mol. The highest BCUT2D eigenvalue weighted by Crippen LogP contribution is 2.22. The number of rotatable bonds is 9. The Morgan fingerprint density at radius 1 is 0.905 bits per heavy atom. The van der Waals surface area contributed by atoms with Crippen LogP contribution >= 0.6 is 11.8 Å². The van der Waals surface area contributed by atoms with E-state index in [0.717, 1.165) is 12.8 Å². The van der Waals surface area contributed by atoms with Gasteiger partial charge in [0.1, 0.15) is 0 Å². The fraction of sp³-hybridized carbons (Fsp3) is 0.529. The summed E-state index contributed by atoms with van der Waals surface area (Å²) in [6.07, 6.45) is 5.70. The van der Waals surface area contributed by atoms with Gasteiger partial charge in [-0.1, -0.05) is 38.3 Å². The molecule has 21 heavy (non-hydrogen) atoms. The Kier molecular flexibility index (Phi) is 6.30. The molecule has 0 unspecified atom stereocenters. The van der Waals surface area contributed by atoms with Crippen molar-refractivity contribution in [3.63, 3.8) is 0 Å². The van der Waals surface area contributed by atoms with E-state index in [1.807, 2.05) is 23.9 Å². The molecule has 1 heterocycles. The van der Waals surface area contributed by atoms with Crippen LogP contribution < -0.4 is 0 Å². The summed E-state index contributed by atoms with van der Waals surface area (Å²) >= 11 is 1.99. The van der Waals surface area contributed by atoms with Crippen molar-refractivity contribution in [1.82, 2.24) is 4.90 Å². The van der Waals surface area contributed by atoms with Crippen molar-refractivity contribution in [2.24, 2.45) is 0 Å². The van der Waals surface area contributed by atoms with Crippen LogP contribution in [-0.4, -0.2) is 34.8 Å². The van der Waals surface area contributed by atoms with E-state index in [9.17, 15) is 9.59 Å². The van der Waals surface area contributed by atoms with Gasteiger partial charge in [0.15, 0.2) is 0 Å². The van der Waals surface area contributed by atoms with Crippen LogP contribution in [0.2, 0.25) is 0 Å². The summed E-state index contributed by atoms with van der Waals surface area (Å²) in [7, 11) is 0. The van der Waals surface area contributed by atoms with Crippen LogP contribution in [0.3, 0.4) is 0 Å². The second-order valence-corrected chi connectivity index (χ2v) is 6.67. The van der Waals surface area contributed by atoms with Crippen molar-refractivity contribution in [3.8, 4) is 0 Å². The highest BCUT2D eigenvalue weighted by Gasteiger charge is 2.34. The summed E-state index contributed by atoms with van der Waals surface area (Å²) in [5.74, 6) is 2.18. The lowest BCUT2D eigenvalue weighted by Crippen LogP contribution is -2.30. The number of thioether (sulfide) groups is 1. The monoisotopic (exact) mass is 305 g/mol. The SMILES string of the molecule is CCSCCCCCCCN1C(=O)c2ccccc2C1=O. The van der Waals surface area contributed by atoms with Crippen LogP contribution in [0.25, 0.3) is 0 Å². The van der Waals surface area contributed by atoms with E-state index in [2.05, 4.69) is 6.92 Å². The number of hydrogen-bond acceptors (Lipinski definition) is 3. The highest BCUT2D eigenvalue weighted by atomic mass is 32.2. The van der Waals surface area contributed by atoms with E-state index in [4.69, 9.17) is 0 Å². The quantitative estimate of drug-likeness (QED) is 0.511. The molecule has 2 amide bonds. The number of hydrogen-bond donors (Lipinski definition) is 0. The minimum absolute atomic E-state index is 0.130. The van der Waals surface area contributed by atoms with Crippen molar-refractivity contribution >= 4 is 23.6 Å². The van der Waals surface area contributed by atoms with Gasteiger partial charge in [0.05, 0.1) is 11.1 Å².